The summed E-state index contributed by atoms with van der Waals surface area (Å²) in [5.41, 5.74) is 2.87. The number of halogens is 3. The Morgan fingerprint density at radius 1 is 1.12 bits per heavy atom. The van der Waals surface area contributed by atoms with Crippen molar-refractivity contribution < 1.29 is 13.2 Å². The summed E-state index contributed by atoms with van der Waals surface area (Å²) >= 11 is 0. The second-order valence-corrected chi connectivity index (χ2v) is 3.88. The number of alkyl halides is 3. The van der Waals surface area contributed by atoms with Gasteiger partial charge in [0.25, 0.3) is 0 Å². The number of rotatable bonds is 2. The van der Waals surface area contributed by atoms with Gasteiger partial charge in [-0.05, 0) is 31.0 Å². The summed E-state index contributed by atoms with van der Waals surface area (Å²) in [6, 6.07) is 5.28. The lowest BCUT2D eigenvalue weighted by molar-refractivity contribution is -0.137. The first-order valence-corrected chi connectivity index (χ1v) is 5.24. The molecule has 88 valence electrons. The first-order chi connectivity index (χ1) is 7.55. The van der Waals surface area contributed by atoms with Crippen LogP contribution in [0.3, 0.4) is 0 Å². The van der Waals surface area contributed by atoms with Crippen molar-refractivity contribution in [3.8, 4) is 0 Å². The van der Waals surface area contributed by atoms with Gasteiger partial charge in [-0.25, -0.2) is 5.01 Å². The van der Waals surface area contributed by atoms with Crippen LogP contribution in [-0.4, -0.2) is 18.1 Å². The fraction of sp³-hybridized carbons (Fsp3) is 0.455. The van der Waals surface area contributed by atoms with Crippen molar-refractivity contribution in [1.82, 2.24) is 5.01 Å². The maximum absolute atomic E-state index is 12.4. The SMILES string of the molecule is FC(F)(F)c1cccc(NN2CCCC2)c1. The van der Waals surface area contributed by atoms with Crippen LogP contribution >= 0.6 is 0 Å². The Morgan fingerprint density at radius 2 is 1.81 bits per heavy atom. The normalized spacial score (nSPS) is 17.7. The number of hydrazine groups is 1. The third-order valence-electron chi connectivity index (χ3n) is 2.58. The number of hydrogen-bond donors (Lipinski definition) is 1. The molecule has 1 aliphatic rings. The zero-order valence-electron chi connectivity index (χ0n) is 8.72. The maximum Gasteiger partial charge on any atom is 0.416 e. The zero-order valence-corrected chi connectivity index (χ0v) is 8.72. The topological polar surface area (TPSA) is 15.3 Å². The summed E-state index contributed by atoms with van der Waals surface area (Å²) in [5, 5.41) is 1.94. The number of nitrogens with one attached hydrogen (secondary N) is 1. The van der Waals surface area contributed by atoms with Gasteiger partial charge in [0.05, 0.1) is 5.56 Å². The van der Waals surface area contributed by atoms with Crippen LogP contribution in [0.4, 0.5) is 18.9 Å². The lowest BCUT2D eigenvalue weighted by Gasteiger charge is -2.18. The van der Waals surface area contributed by atoms with Crippen LogP contribution in [0.15, 0.2) is 24.3 Å². The van der Waals surface area contributed by atoms with Crippen LogP contribution in [0.2, 0.25) is 0 Å². The van der Waals surface area contributed by atoms with Crippen molar-refractivity contribution in [1.29, 1.82) is 0 Å². The lowest BCUT2D eigenvalue weighted by Crippen LogP contribution is -2.26. The molecule has 0 saturated carbocycles. The van der Waals surface area contributed by atoms with Gasteiger partial charge < -0.3 is 5.43 Å². The average Bonchev–Trinajstić information content (AvgIpc) is 2.70. The number of anilines is 1. The van der Waals surface area contributed by atoms with Crippen LogP contribution in [0, 0.1) is 0 Å². The average molecular weight is 230 g/mol. The molecule has 1 N–H and O–H groups in total. The molecule has 0 atom stereocenters. The fourth-order valence-corrected chi connectivity index (χ4v) is 1.78. The van der Waals surface area contributed by atoms with E-state index in [0.717, 1.165) is 38.1 Å². The summed E-state index contributed by atoms with van der Waals surface area (Å²) < 4.78 is 37.3. The van der Waals surface area contributed by atoms with E-state index in [2.05, 4.69) is 5.43 Å². The van der Waals surface area contributed by atoms with Gasteiger partial charge in [-0.2, -0.15) is 13.2 Å². The minimum atomic E-state index is -4.28. The van der Waals surface area contributed by atoms with E-state index in [-0.39, 0.29) is 0 Å². The second kappa shape index (κ2) is 4.33. The molecule has 1 aliphatic heterocycles. The molecule has 0 radical (unpaired) electrons. The van der Waals surface area contributed by atoms with Crippen LogP contribution in [0.1, 0.15) is 18.4 Å². The summed E-state index contributed by atoms with van der Waals surface area (Å²) in [7, 11) is 0. The standard InChI is InChI=1S/C11H13F3N2/c12-11(13,14)9-4-3-5-10(8-9)15-16-6-1-2-7-16/h3-5,8,15H,1-2,6-7H2. The van der Waals surface area contributed by atoms with E-state index >= 15 is 0 Å². The van der Waals surface area contributed by atoms with Gasteiger partial charge in [-0.1, -0.05) is 6.07 Å². The van der Waals surface area contributed by atoms with E-state index < -0.39 is 11.7 Å². The smallest absolute Gasteiger partial charge is 0.319 e. The lowest BCUT2D eigenvalue weighted by atomic mass is 10.2. The van der Waals surface area contributed by atoms with E-state index in [1.807, 2.05) is 5.01 Å². The van der Waals surface area contributed by atoms with Crippen molar-refractivity contribution in [2.45, 2.75) is 19.0 Å². The molecule has 1 aromatic carbocycles. The molecule has 1 heterocycles. The third-order valence-corrected chi connectivity index (χ3v) is 2.58. The molecule has 0 aromatic heterocycles. The van der Waals surface area contributed by atoms with E-state index in [0.29, 0.717) is 5.69 Å². The van der Waals surface area contributed by atoms with E-state index in [1.165, 1.54) is 6.07 Å². The van der Waals surface area contributed by atoms with Crippen molar-refractivity contribution in [3.05, 3.63) is 29.8 Å². The third kappa shape index (κ3) is 2.66. The van der Waals surface area contributed by atoms with E-state index in [1.54, 1.807) is 6.07 Å². The minimum Gasteiger partial charge on any atom is -0.319 e. The molecule has 0 aliphatic carbocycles. The van der Waals surface area contributed by atoms with Crippen molar-refractivity contribution in [2.75, 3.05) is 18.5 Å². The predicted octanol–water partition coefficient (Wildman–Crippen LogP) is 3.13. The number of nitrogens with zero attached hydrogens (tertiary/aromatic N) is 1. The van der Waals surface area contributed by atoms with Crippen molar-refractivity contribution >= 4 is 5.69 Å². The number of benzene rings is 1. The Balaban J connectivity index is 2.09. The van der Waals surface area contributed by atoms with Crippen LogP contribution in [0.5, 0.6) is 0 Å². The highest BCUT2D eigenvalue weighted by Gasteiger charge is 2.30. The van der Waals surface area contributed by atoms with E-state index in [9.17, 15) is 13.2 Å². The quantitative estimate of drug-likeness (QED) is 0.839. The molecule has 5 heteroatoms. The molecule has 2 rings (SSSR count). The molecular formula is C11H13F3N2. The van der Waals surface area contributed by atoms with Crippen molar-refractivity contribution in [2.24, 2.45) is 0 Å². The molecule has 2 nitrogen and oxygen atoms in total. The van der Waals surface area contributed by atoms with Gasteiger partial charge in [-0.15, -0.1) is 0 Å². The van der Waals surface area contributed by atoms with Crippen LogP contribution < -0.4 is 5.43 Å². The molecule has 0 unspecified atom stereocenters. The fourth-order valence-electron chi connectivity index (χ4n) is 1.78. The van der Waals surface area contributed by atoms with Gasteiger partial charge >= 0.3 is 6.18 Å². The molecule has 0 bridgehead atoms. The Hall–Kier alpha value is -1.23. The highest BCUT2D eigenvalue weighted by molar-refractivity contribution is 5.45. The second-order valence-electron chi connectivity index (χ2n) is 3.88. The first kappa shape index (κ1) is 11.3. The molecule has 1 saturated heterocycles. The molecule has 0 spiro atoms. The molecule has 0 amide bonds. The van der Waals surface area contributed by atoms with Gasteiger partial charge in [-0.3, -0.25) is 0 Å². The maximum atomic E-state index is 12.4. The summed E-state index contributed by atoms with van der Waals surface area (Å²) in [6.45, 7) is 1.77. The molecule has 16 heavy (non-hydrogen) atoms. The van der Waals surface area contributed by atoms with Gasteiger partial charge in [0.1, 0.15) is 0 Å². The first-order valence-electron chi connectivity index (χ1n) is 5.24. The van der Waals surface area contributed by atoms with Crippen molar-refractivity contribution in [3.63, 3.8) is 0 Å². The van der Waals surface area contributed by atoms with Gasteiger partial charge in [0.15, 0.2) is 0 Å². The zero-order chi connectivity index (χ0) is 11.6. The minimum absolute atomic E-state index is 0.497. The monoisotopic (exact) mass is 230 g/mol. The summed E-state index contributed by atoms with van der Waals surface area (Å²) in [6.07, 6.45) is -2.10. The van der Waals surface area contributed by atoms with Crippen LogP contribution in [-0.2, 0) is 6.18 Å². The highest BCUT2D eigenvalue weighted by Crippen LogP contribution is 2.30. The van der Waals surface area contributed by atoms with E-state index in [4.69, 9.17) is 0 Å². The Morgan fingerprint density at radius 3 is 2.44 bits per heavy atom. The molecule has 1 aromatic rings. The Labute approximate surface area is 92.0 Å². The van der Waals surface area contributed by atoms with Gasteiger partial charge in [0, 0.05) is 18.8 Å². The number of hydrogen-bond acceptors (Lipinski definition) is 2. The predicted molar refractivity (Wildman–Crippen MR) is 55.9 cm³/mol. The largest absolute Gasteiger partial charge is 0.416 e. The summed E-state index contributed by atoms with van der Waals surface area (Å²) in [5.74, 6) is 0. The Kier molecular flexibility index (Phi) is 3.05. The Bertz CT molecular complexity index is 356. The molecular weight excluding hydrogens is 217 g/mol. The molecule has 1 fully saturated rings. The summed E-state index contributed by atoms with van der Waals surface area (Å²) in [4.78, 5) is 0. The highest BCUT2D eigenvalue weighted by atomic mass is 19.4. The van der Waals surface area contributed by atoms with Gasteiger partial charge in [0.2, 0.25) is 0 Å². The van der Waals surface area contributed by atoms with Crippen LogP contribution in [0.25, 0.3) is 0 Å².